The van der Waals surface area contributed by atoms with Gasteiger partial charge in [0.25, 0.3) is 0 Å². The van der Waals surface area contributed by atoms with Crippen molar-refractivity contribution in [3.8, 4) is 0 Å². The first-order valence-corrected chi connectivity index (χ1v) is 7.89. The second-order valence-corrected chi connectivity index (χ2v) is 6.69. The van der Waals surface area contributed by atoms with E-state index in [1.807, 2.05) is 12.1 Å². The molecule has 0 radical (unpaired) electrons. The SMILES string of the molecule is CCNC(c1ccc(F)c(Br)c1)c1cc(C)c(C)s1. The summed E-state index contributed by atoms with van der Waals surface area (Å²) in [5.74, 6) is -0.225. The van der Waals surface area contributed by atoms with Crippen LogP contribution in [-0.2, 0) is 0 Å². The van der Waals surface area contributed by atoms with Crippen LogP contribution >= 0.6 is 27.3 Å². The standard InChI is InChI=1S/C15H17BrFNS/c1-4-18-15(14-7-9(2)10(3)19-14)11-5-6-13(17)12(16)8-11/h5-8,15,18H,4H2,1-3H3. The molecule has 1 aromatic carbocycles. The number of hydrogen-bond acceptors (Lipinski definition) is 2. The second kappa shape index (κ2) is 6.16. The molecule has 4 heteroatoms. The predicted octanol–water partition coefficient (Wildman–Crippen LogP) is 4.97. The molecule has 2 rings (SSSR count). The van der Waals surface area contributed by atoms with E-state index >= 15 is 0 Å². The Labute approximate surface area is 126 Å². The molecule has 1 aromatic heterocycles. The van der Waals surface area contributed by atoms with E-state index in [-0.39, 0.29) is 11.9 Å². The molecule has 0 amide bonds. The molecule has 0 aliphatic rings. The molecule has 0 saturated carbocycles. The maximum atomic E-state index is 13.4. The maximum absolute atomic E-state index is 13.4. The Bertz CT molecular complexity index is 560. The van der Waals surface area contributed by atoms with Gasteiger partial charge >= 0.3 is 0 Å². The molecule has 0 fully saturated rings. The Kier molecular flexibility index (Phi) is 4.76. The van der Waals surface area contributed by atoms with Gasteiger partial charge in [-0.15, -0.1) is 11.3 Å². The fourth-order valence-electron chi connectivity index (χ4n) is 2.02. The van der Waals surface area contributed by atoms with Crippen LogP contribution in [0.5, 0.6) is 0 Å². The van der Waals surface area contributed by atoms with Gasteiger partial charge in [0.2, 0.25) is 0 Å². The molecular formula is C15H17BrFNS. The zero-order chi connectivity index (χ0) is 14.0. The summed E-state index contributed by atoms with van der Waals surface area (Å²) >= 11 is 5.05. The van der Waals surface area contributed by atoms with Crippen molar-refractivity contribution >= 4 is 27.3 Å². The number of rotatable bonds is 4. The highest BCUT2D eigenvalue weighted by molar-refractivity contribution is 9.10. The summed E-state index contributed by atoms with van der Waals surface area (Å²) in [4.78, 5) is 2.61. The van der Waals surface area contributed by atoms with E-state index in [1.54, 1.807) is 11.3 Å². The molecule has 2 aromatic rings. The molecule has 0 saturated heterocycles. The number of nitrogens with one attached hydrogen (secondary N) is 1. The fraction of sp³-hybridized carbons (Fsp3) is 0.333. The minimum Gasteiger partial charge on any atom is -0.306 e. The van der Waals surface area contributed by atoms with Gasteiger partial charge in [-0.3, -0.25) is 0 Å². The molecule has 1 atom stereocenters. The van der Waals surface area contributed by atoms with Gasteiger partial charge in [0, 0.05) is 9.75 Å². The lowest BCUT2D eigenvalue weighted by atomic mass is 10.0. The summed E-state index contributed by atoms with van der Waals surface area (Å²) in [7, 11) is 0. The maximum Gasteiger partial charge on any atom is 0.137 e. The van der Waals surface area contributed by atoms with Gasteiger partial charge in [-0.2, -0.15) is 0 Å². The third kappa shape index (κ3) is 3.25. The van der Waals surface area contributed by atoms with E-state index in [2.05, 4.69) is 48.1 Å². The molecule has 0 aliphatic heterocycles. The topological polar surface area (TPSA) is 12.0 Å². The van der Waals surface area contributed by atoms with Gasteiger partial charge in [-0.05, 0) is 65.6 Å². The molecule has 19 heavy (non-hydrogen) atoms. The van der Waals surface area contributed by atoms with Crippen molar-refractivity contribution in [3.05, 3.63) is 55.4 Å². The average Bonchev–Trinajstić information content (AvgIpc) is 2.70. The Balaban J connectivity index is 2.41. The van der Waals surface area contributed by atoms with Crippen molar-refractivity contribution in [2.45, 2.75) is 26.8 Å². The highest BCUT2D eigenvalue weighted by atomic mass is 79.9. The van der Waals surface area contributed by atoms with Crippen molar-refractivity contribution in [1.82, 2.24) is 5.32 Å². The van der Waals surface area contributed by atoms with Gasteiger partial charge in [0.1, 0.15) is 5.82 Å². The Morgan fingerprint density at radius 2 is 2.05 bits per heavy atom. The van der Waals surface area contributed by atoms with Crippen molar-refractivity contribution in [1.29, 1.82) is 0 Å². The van der Waals surface area contributed by atoms with E-state index in [4.69, 9.17) is 0 Å². The molecule has 1 heterocycles. The van der Waals surface area contributed by atoms with E-state index in [9.17, 15) is 4.39 Å². The van der Waals surface area contributed by atoms with Crippen LogP contribution in [0.15, 0.2) is 28.7 Å². The van der Waals surface area contributed by atoms with E-state index in [0.717, 1.165) is 12.1 Å². The van der Waals surface area contributed by atoms with Gasteiger partial charge in [-0.1, -0.05) is 13.0 Å². The summed E-state index contributed by atoms with van der Waals surface area (Å²) in [5, 5.41) is 3.47. The number of thiophene rings is 1. The zero-order valence-corrected chi connectivity index (χ0v) is 13.7. The molecule has 102 valence electrons. The van der Waals surface area contributed by atoms with Crippen LogP contribution in [-0.4, -0.2) is 6.54 Å². The first-order valence-electron chi connectivity index (χ1n) is 6.28. The van der Waals surface area contributed by atoms with Crippen LogP contribution < -0.4 is 5.32 Å². The van der Waals surface area contributed by atoms with E-state index in [0.29, 0.717) is 4.47 Å². The monoisotopic (exact) mass is 341 g/mol. The summed E-state index contributed by atoms with van der Waals surface area (Å²) < 4.78 is 13.9. The largest absolute Gasteiger partial charge is 0.306 e. The van der Waals surface area contributed by atoms with E-state index in [1.165, 1.54) is 21.4 Å². The fourth-order valence-corrected chi connectivity index (χ4v) is 3.57. The van der Waals surface area contributed by atoms with Crippen LogP contribution in [0.2, 0.25) is 0 Å². The molecule has 1 unspecified atom stereocenters. The van der Waals surface area contributed by atoms with Gasteiger partial charge in [0.05, 0.1) is 10.5 Å². The Morgan fingerprint density at radius 1 is 1.32 bits per heavy atom. The van der Waals surface area contributed by atoms with Gasteiger partial charge < -0.3 is 5.32 Å². The zero-order valence-electron chi connectivity index (χ0n) is 11.3. The quantitative estimate of drug-likeness (QED) is 0.828. The van der Waals surface area contributed by atoms with Crippen molar-refractivity contribution in [2.24, 2.45) is 0 Å². The van der Waals surface area contributed by atoms with Crippen LogP contribution in [0.1, 0.15) is 33.8 Å². The highest BCUT2D eigenvalue weighted by Crippen LogP contribution is 2.32. The second-order valence-electron chi connectivity index (χ2n) is 4.55. The third-order valence-electron chi connectivity index (χ3n) is 3.15. The van der Waals surface area contributed by atoms with Crippen LogP contribution in [0, 0.1) is 19.7 Å². The molecule has 1 N–H and O–H groups in total. The van der Waals surface area contributed by atoms with Crippen LogP contribution in [0.3, 0.4) is 0 Å². The lowest BCUT2D eigenvalue weighted by Gasteiger charge is -2.17. The minimum atomic E-state index is -0.225. The third-order valence-corrected chi connectivity index (χ3v) is 4.98. The average molecular weight is 342 g/mol. The number of hydrogen-bond donors (Lipinski definition) is 1. The summed E-state index contributed by atoms with van der Waals surface area (Å²) in [6.07, 6.45) is 0. The lowest BCUT2D eigenvalue weighted by molar-refractivity contribution is 0.611. The molecule has 0 aliphatic carbocycles. The Morgan fingerprint density at radius 3 is 2.58 bits per heavy atom. The normalized spacial score (nSPS) is 12.7. The first-order chi connectivity index (χ1) is 9.02. The molecule has 1 nitrogen and oxygen atoms in total. The lowest BCUT2D eigenvalue weighted by Crippen LogP contribution is -2.21. The van der Waals surface area contributed by atoms with Crippen LogP contribution in [0.4, 0.5) is 4.39 Å². The highest BCUT2D eigenvalue weighted by Gasteiger charge is 2.17. The number of halogens is 2. The first kappa shape index (κ1) is 14.7. The van der Waals surface area contributed by atoms with Gasteiger partial charge in [0.15, 0.2) is 0 Å². The smallest absolute Gasteiger partial charge is 0.137 e. The van der Waals surface area contributed by atoms with Crippen molar-refractivity contribution in [2.75, 3.05) is 6.54 Å². The summed E-state index contributed by atoms with van der Waals surface area (Å²) in [5.41, 5.74) is 2.39. The van der Waals surface area contributed by atoms with Crippen molar-refractivity contribution < 1.29 is 4.39 Å². The van der Waals surface area contributed by atoms with E-state index < -0.39 is 0 Å². The van der Waals surface area contributed by atoms with Crippen LogP contribution in [0.25, 0.3) is 0 Å². The number of benzene rings is 1. The molecular weight excluding hydrogens is 325 g/mol. The molecule has 0 spiro atoms. The Hall–Kier alpha value is -0.710. The summed E-state index contributed by atoms with van der Waals surface area (Å²) in [6, 6.07) is 7.55. The summed E-state index contributed by atoms with van der Waals surface area (Å²) in [6.45, 7) is 7.21. The predicted molar refractivity (Wildman–Crippen MR) is 83.4 cm³/mol. The minimum absolute atomic E-state index is 0.124. The van der Waals surface area contributed by atoms with Gasteiger partial charge in [-0.25, -0.2) is 4.39 Å². The van der Waals surface area contributed by atoms with Crippen molar-refractivity contribution in [3.63, 3.8) is 0 Å². The number of aryl methyl sites for hydroxylation is 2. The molecule has 0 bridgehead atoms.